The zero-order valence-corrected chi connectivity index (χ0v) is 76.4. The van der Waals surface area contributed by atoms with Gasteiger partial charge in [0.1, 0.15) is 31.2 Å². The first-order valence-corrected chi connectivity index (χ1v) is 43.9. The molecule has 0 radical (unpaired) electrons. The van der Waals surface area contributed by atoms with E-state index in [1.807, 2.05) is 62.4 Å². The lowest BCUT2D eigenvalue weighted by atomic mass is 9.89. The topological polar surface area (TPSA) is 586 Å². The number of ether oxygens (including phenoxy) is 3. The number of aliphatic hydroxyl groups excluding tert-OH is 2. The number of primary amides is 3. The summed E-state index contributed by atoms with van der Waals surface area (Å²) >= 11 is 0. The van der Waals surface area contributed by atoms with Gasteiger partial charge in [-0.15, -0.1) is 5.06 Å². The minimum atomic E-state index is -1.39. The van der Waals surface area contributed by atoms with E-state index in [9.17, 15) is 86.9 Å². The second kappa shape index (κ2) is 55.7. The van der Waals surface area contributed by atoms with Crippen molar-refractivity contribution in [2.45, 2.75) is 177 Å². The summed E-state index contributed by atoms with van der Waals surface area (Å²) in [7, 11) is 0. The van der Waals surface area contributed by atoms with E-state index in [1.165, 1.54) is 17.2 Å². The third-order valence-corrected chi connectivity index (χ3v) is 21.6. The van der Waals surface area contributed by atoms with Gasteiger partial charge < -0.3 is 114 Å². The highest BCUT2D eigenvalue weighted by atomic mass is 19.1. The van der Waals surface area contributed by atoms with Crippen LogP contribution in [0.2, 0.25) is 0 Å². The molecule has 14 amide bonds. The van der Waals surface area contributed by atoms with Crippen molar-refractivity contribution in [2.24, 2.45) is 58.4 Å². The number of aryl methyl sites for hydroxylation is 1. The lowest BCUT2D eigenvalue weighted by Crippen LogP contribution is -2.49. The molecule has 0 aliphatic carbocycles. The van der Waals surface area contributed by atoms with Crippen molar-refractivity contribution in [2.75, 3.05) is 66.7 Å². The van der Waals surface area contributed by atoms with Crippen LogP contribution in [0, 0.1) is 41.3 Å². The number of alkyl carbamates (subject to hydrolysis) is 2. The number of Topliss-reactive ketones (excluding diaryl/α,β-unsaturated/α-hetero) is 2. The maximum absolute atomic E-state index is 15.3. The number of carbonyl (C=O) groups excluding carboxylic acids is 14. The number of imide groups is 1. The van der Waals surface area contributed by atoms with Crippen molar-refractivity contribution in [3.63, 3.8) is 0 Å². The number of aliphatic hydroxyl groups is 2. The Bertz CT molecular complexity index is 5160. The Hall–Kier alpha value is -14.4. The number of anilines is 4. The van der Waals surface area contributed by atoms with Crippen LogP contribution in [0.5, 0.6) is 0 Å². The number of carboxylic acids is 1. The number of piperazine rings is 1. The summed E-state index contributed by atoms with van der Waals surface area (Å²) in [5.74, 6) is -7.51. The molecule has 3 heterocycles. The molecule has 1 aromatic heterocycles. The Kier molecular flexibility index (Phi) is 45.0. The first-order chi connectivity index (χ1) is 63.8. The lowest BCUT2D eigenvalue weighted by Gasteiger charge is -2.35. The van der Waals surface area contributed by atoms with Crippen molar-refractivity contribution in [3.8, 4) is 0 Å². The fraction of sp³-hybridized carbons (Fsp3) is 0.426. The maximum atomic E-state index is 15.3. The molecule has 6 atom stereocenters. The minimum Gasteiger partial charge on any atom is -0.477 e. The van der Waals surface area contributed by atoms with Crippen LogP contribution >= 0.6 is 0 Å². The number of carbonyl (C=O) groups is 15. The van der Waals surface area contributed by atoms with Gasteiger partial charge in [0.25, 0.3) is 11.8 Å². The monoisotopic (exact) mass is 1860 g/mol. The Morgan fingerprint density at radius 1 is 0.493 bits per heavy atom. The van der Waals surface area contributed by atoms with Gasteiger partial charge in [-0.05, 0) is 140 Å². The molecular formula is C94H123FN16O23. The van der Waals surface area contributed by atoms with Gasteiger partial charge in [0, 0.05) is 119 Å². The quantitative estimate of drug-likeness (QED) is 0.00963. The highest BCUT2D eigenvalue weighted by Gasteiger charge is 2.36. The van der Waals surface area contributed by atoms with Gasteiger partial charge in [-0.3, -0.25) is 38.4 Å². The van der Waals surface area contributed by atoms with Gasteiger partial charge in [-0.2, -0.15) is 0 Å². The number of carboxylic acid groups (broad SMARTS) is 1. The second-order valence-corrected chi connectivity index (χ2v) is 32.7. The third kappa shape index (κ3) is 36.7. The van der Waals surface area contributed by atoms with E-state index in [4.69, 9.17) is 47.1 Å². The van der Waals surface area contributed by atoms with E-state index < -0.39 is 113 Å². The average molecular weight is 1860 g/mol. The smallest absolute Gasteiger partial charge is 0.410 e. The van der Waals surface area contributed by atoms with E-state index >= 15 is 4.39 Å². The summed E-state index contributed by atoms with van der Waals surface area (Å²) in [4.78, 5) is 202. The molecule has 0 saturated carbocycles. The summed E-state index contributed by atoms with van der Waals surface area (Å²) in [5, 5.41) is 49.1. The van der Waals surface area contributed by atoms with E-state index in [1.54, 1.807) is 136 Å². The highest BCUT2D eigenvalue weighted by molar-refractivity contribution is 6.02. The average Bonchev–Trinajstić information content (AvgIpc) is 0.880. The van der Waals surface area contributed by atoms with Gasteiger partial charge in [0.2, 0.25) is 23.2 Å². The molecule has 2 saturated heterocycles. The largest absolute Gasteiger partial charge is 0.477 e. The van der Waals surface area contributed by atoms with Gasteiger partial charge in [0.15, 0.2) is 11.6 Å². The zero-order chi connectivity index (χ0) is 98.7. The number of hydrogen-bond acceptors (Lipinski definition) is 24. The van der Waals surface area contributed by atoms with Gasteiger partial charge in [0.05, 0.1) is 48.5 Å². The molecule has 0 bridgehead atoms. The van der Waals surface area contributed by atoms with E-state index in [0.29, 0.717) is 84.0 Å². The number of amides is 14. The van der Waals surface area contributed by atoms with Crippen molar-refractivity contribution in [1.29, 1.82) is 0 Å². The minimum absolute atomic E-state index is 0.0210. The Morgan fingerprint density at radius 3 is 1.28 bits per heavy atom. The molecule has 7 aromatic rings. The number of aromatic nitrogens is 1. The van der Waals surface area contributed by atoms with Crippen LogP contribution in [0.1, 0.15) is 158 Å². The molecule has 0 unspecified atom stereocenters. The predicted octanol–water partition coefficient (Wildman–Crippen LogP) is 9.10. The van der Waals surface area contributed by atoms with E-state index in [-0.39, 0.29) is 163 Å². The Morgan fingerprint density at radius 2 is 0.888 bits per heavy atom. The Balaban J connectivity index is 0.000000320. The maximum Gasteiger partial charge on any atom is 0.410 e. The molecule has 39 nitrogen and oxygen atoms in total. The summed E-state index contributed by atoms with van der Waals surface area (Å²) in [6.07, 6.45) is 1.50. The van der Waals surface area contributed by atoms with E-state index in [0.717, 1.165) is 22.8 Å². The predicted molar refractivity (Wildman–Crippen MR) is 494 cm³/mol. The number of nitrogens with zero attached hydrogens (tertiary/aromatic N) is 4. The zero-order valence-electron chi connectivity index (χ0n) is 76.4. The molecular weight excluding hydrogens is 1740 g/mol. The third-order valence-electron chi connectivity index (χ3n) is 21.6. The number of urea groups is 3. The number of benzene rings is 6. The molecule has 40 heteroatoms. The van der Waals surface area contributed by atoms with Crippen molar-refractivity contribution in [1.82, 2.24) is 41.1 Å². The van der Waals surface area contributed by atoms with Gasteiger partial charge in [-0.1, -0.05) is 146 Å². The normalized spacial score (nSPS) is 13.5. The molecule has 724 valence electrons. The number of nitrogens with two attached hydrogens (primary N) is 4. The number of hydroxylamine groups is 2. The second-order valence-electron chi connectivity index (χ2n) is 32.7. The van der Waals surface area contributed by atoms with Crippen LogP contribution in [-0.4, -0.2) is 183 Å². The first kappa shape index (κ1) is 108. The van der Waals surface area contributed by atoms with Crippen LogP contribution in [0.3, 0.4) is 0 Å². The molecule has 2 aliphatic rings. The number of rotatable bonds is 42. The molecule has 9 rings (SSSR count). The number of ketones is 2. The van der Waals surface area contributed by atoms with Gasteiger partial charge in [-0.25, -0.2) is 42.7 Å². The van der Waals surface area contributed by atoms with E-state index in [2.05, 4.69) is 42.5 Å². The summed E-state index contributed by atoms with van der Waals surface area (Å²) < 4.78 is 33.1. The number of pyridine rings is 1. The fourth-order valence-corrected chi connectivity index (χ4v) is 13.5. The SMILES string of the molecule is CC(C)[C@H](C)C(=O)ON1C(=O)CCC1=O.CC(C)[C@H](NC(=O)OCc1ccccc1)C(=O)C[C@@H](CCCNC(N)=O)C(=O)Nc1ccc(CO)cc1.CCn1cc(C(=O)O)c(=O)c2cc(F)c(N3CCN(C(=O)OCc4ccc(NC(=O)[C@H](CCCNC(N)=O)CC(=O)[C@@H](NC(=O)OCc5ccccc5)C(C)C)cc4)CC3)cc21.NC(=O)NCCC[C@H](N)C(=O)Nc1ccc(CO)cc1. The van der Waals surface area contributed by atoms with Gasteiger partial charge >= 0.3 is 48.3 Å². The lowest BCUT2D eigenvalue weighted by molar-refractivity contribution is -0.201. The standard InChI is InChI=1S/C44H52FN7O10.C27H36N4O6.C13H20N4O3.C10H15NO4/c1-4-50-24-33(41(56)57)39(54)32-22-34(45)36(23-35(32)50)51-17-19-52(20-18-51)44(60)62-26-29-12-14-31(15-13-29)48-40(55)30(11-8-16-47-42(46)58)21-37(53)38(27(2)3)49-43(59)61-25-28-9-6-5-7-10-28;1-18(2)24(31-27(36)37-17-20-7-4-3-5-8-20)23(33)15-21(9-6-14-29-26(28)35)25(34)30-22-12-10-19(16-32)11-13-22;14-11(2-1-7-16-13(15)20)12(19)17-10-5-3-9(8-18)4-6-10;1-6(2)7(3)10(14)15-11-8(12)4-5-9(11)13/h5-7,9-10,12-15,22-24,27,30,38H,4,8,11,16-21,25-26H2,1-3H3,(H,48,55)(H,49,59)(H,56,57)(H3,46,47,58);3-5,7-8,10-13,18,21,24,32H,6,9,14-17H2,1-2H3,(H,30,34)(H,31,36)(H3,28,29,35);3-6,11,18H,1-2,7-8,14H2,(H,17,19)(H3,15,16,20);6-7H,4-5H2,1-3H3/t30-,38+;21-,24+;11-;7-/m1100/s1. The first-order valence-electron chi connectivity index (χ1n) is 43.9. The Labute approximate surface area is 774 Å². The van der Waals surface area contributed by atoms with Crippen molar-refractivity contribution >= 4 is 123 Å². The highest BCUT2D eigenvalue weighted by Crippen LogP contribution is 2.29. The number of halogens is 1. The summed E-state index contributed by atoms with van der Waals surface area (Å²) in [6.45, 7) is 16.5. The van der Waals surface area contributed by atoms with Crippen LogP contribution in [0.4, 0.5) is 55.9 Å². The van der Waals surface area contributed by atoms with Crippen molar-refractivity contribution < 1.29 is 111 Å². The number of aromatic carboxylic acids is 1. The number of hydrogen-bond donors (Lipinski definition) is 15. The summed E-state index contributed by atoms with van der Waals surface area (Å²) in [6, 6.07) is 36.6. The van der Waals surface area contributed by atoms with Crippen LogP contribution in [0.25, 0.3) is 10.9 Å². The van der Waals surface area contributed by atoms with Crippen LogP contribution < -0.4 is 75.8 Å². The molecule has 134 heavy (non-hydrogen) atoms. The molecule has 6 aromatic carbocycles. The fourth-order valence-electron chi connectivity index (χ4n) is 13.5. The molecule has 0 spiro atoms. The van der Waals surface area contributed by atoms with Crippen LogP contribution in [0.15, 0.2) is 157 Å². The molecule has 2 fully saturated rings. The van der Waals surface area contributed by atoms with Crippen molar-refractivity contribution in [3.05, 3.63) is 201 Å². The number of nitrogens with one attached hydrogen (secondary N) is 8. The van der Waals surface area contributed by atoms with Crippen LogP contribution in [-0.2, 0) is 97.0 Å². The molecule has 2 aliphatic heterocycles. The molecule has 19 N–H and O–H groups in total. The summed E-state index contributed by atoms with van der Waals surface area (Å²) in [5.41, 5.74) is 25.7. The number of fused-ring (bicyclic) bond motifs is 1.